The third-order valence-electron chi connectivity index (χ3n) is 4.62. The second-order valence-electron chi connectivity index (χ2n) is 6.42. The second kappa shape index (κ2) is 8.40. The number of hydrogen-bond donors (Lipinski definition) is 1. The maximum absolute atomic E-state index is 12.1. The van der Waals surface area contributed by atoms with Gasteiger partial charge in [0.05, 0.1) is 12.2 Å². The lowest BCUT2D eigenvalue weighted by molar-refractivity contribution is -0.121. The van der Waals surface area contributed by atoms with Gasteiger partial charge in [0.1, 0.15) is 0 Å². The summed E-state index contributed by atoms with van der Waals surface area (Å²) < 4.78 is 1.98. The summed E-state index contributed by atoms with van der Waals surface area (Å²) in [5.74, 6) is 0.781. The normalized spacial score (nSPS) is 14.1. The van der Waals surface area contributed by atoms with Crippen molar-refractivity contribution < 1.29 is 9.59 Å². The Morgan fingerprint density at radius 2 is 2.04 bits per heavy atom. The van der Waals surface area contributed by atoms with Gasteiger partial charge in [-0.05, 0) is 19.4 Å². The summed E-state index contributed by atoms with van der Waals surface area (Å²) in [7, 11) is 0. The third-order valence-corrected chi connectivity index (χ3v) is 5.51. The molecular formula is C19H24N4O2S. The molecule has 0 unspecified atom stereocenters. The minimum Gasteiger partial charge on any atom is -0.352 e. The molecule has 1 aliphatic rings. The number of carbonyl (C=O) groups is 2. The first-order valence-electron chi connectivity index (χ1n) is 8.80. The lowest BCUT2D eigenvalue weighted by Crippen LogP contribution is -2.30. The van der Waals surface area contributed by atoms with Crippen molar-refractivity contribution in [2.24, 2.45) is 0 Å². The standard InChI is InChI=1S/C19H24N4O2S/c1-14-17(12-20-18(24)8-9-22-10-11-26-19(22)25)15(2)23(21-14)13-16-6-4-3-5-7-16/h3-7H,8-13H2,1-2H3,(H,20,24). The first kappa shape index (κ1) is 18.5. The Hall–Kier alpha value is -2.28. The Labute approximate surface area is 157 Å². The highest BCUT2D eigenvalue weighted by Crippen LogP contribution is 2.17. The highest BCUT2D eigenvalue weighted by atomic mass is 32.2. The number of nitrogens with one attached hydrogen (secondary N) is 1. The zero-order chi connectivity index (χ0) is 18.5. The van der Waals surface area contributed by atoms with E-state index in [1.54, 1.807) is 4.90 Å². The lowest BCUT2D eigenvalue weighted by Gasteiger charge is -2.14. The van der Waals surface area contributed by atoms with Crippen LogP contribution in [0.25, 0.3) is 0 Å². The number of rotatable bonds is 7. The van der Waals surface area contributed by atoms with E-state index in [0.29, 0.717) is 19.5 Å². The molecule has 2 heterocycles. The molecule has 1 aromatic heterocycles. The van der Waals surface area contributed by atoms with E-state index in [1.165, 1.54) is 17.3 Å². The molecule has 3 rings (SSSR count). The summed E-state index contributed by atoms with van der Waals surface area (Å²) in [6.45, 7) is 6.41. The molecule has 1 aromatic carbocycles. The van der Waals surface area contributed by atoms with Gasteiger partial charge in [-0.25, -0.2) is 0 Å². The summed E-state index contributed by atoms with van der Waals surface area (Å²) in [4.78, 5) is 25.4. The molecule has 6 nitrogen and oxygen atoms in total. The highest BCUT2D eigenvalue weighted by molar-refractivity contribution is 8.13. The number of aromatic nitrogens is 2. The third kappa shape index (κ3) is 4.46. The van der Waals surface area contributed by atoms with Crippen molar-refractivity contribution in [3.05, 3.63) is 52.8 Å². The van der Waals surface area contributed by atoms with Gasteiger partial charge < -0.3 is 10.2 Å². The molecule has 0 saturated carbocycles. The molecule has 1 aliphatic heterocycles. The van der Waals surface area contributed by atoms with Crippen molar-refractivity contribution in [1.82, 2.24) is 20.0 Å². The number of carbonyl (C=O) groups excluding carboxylic acids is 2. The van der Waals surface area contributed by atoms with Crippen LogP contribution in [-0.4, -0.2) is 44.7 Å². The Bertz CT molecular complexity index is 788. The molecule has 1 N–H and O–H groups in total. The molecule has 1 saturated heterocycles. The molecule has 0 radical (unpaired) electrons. The van der Waals surface area contributed by atoms with Gasteiger partial charge in [-0.1, -0.05) is 42.1 Å². The number of nitrogens with zero attached hydrogens (tertiary/aromatic N) is 3. The van der Waals surface area contributed by atoms with Crippen LogP contribution in [-0.2, 0) is 17.9 Å². The first-order chi connectivity index (χ1) is 12.5. The Morgan fingerprint density at radius 3 is 2.73 bits per heavy atom. The zero-order valence-electron chi connectivity index (χ0n) is 15.2. The molecular weight excluding hydrogens is 348 g/mol. The van der Waals surface area contributed by atoms with Crippen LogP contribution in [0, 0.1) is 13.8 Å². The minimum atomic E-state index is -0.0377. The molecule has 0 bridgehead atoms. The minimum absolute atomic E-state index is 0.0377. The number of aryl methyl sites for hydroxylation is 1. The summed E-state index contributed by atoms with van der Waals surface area (Å²) in [5, 5.41) is 7.65. The average Bonchev–Trinajstić information content (AvgIpc) is 3.15. The number of amides is 2. The fourth-order valence-electron chi connectivity index (χ4n) is 3.04. The van der Waals surface area contributed by atoms with Crippen molar-refractivity contribution >= 4 is 22.9 Å². The van der Waals surface area contributed by atoms with E-state index in [2.05, 4.69) is 22.5 Å². The number of benzene rings is 1. The molecule has 7 heteroatoms. The first-order valence-corrected chi connectivity index (χ1v) is 9.78. The fourth-order valence-corrected chi connectivity index (χ4v) is 3.89. The van der Waals surface area contributed by atoms with Gasteiger partial charge in [0.25, 0.3) is 5.24 Å². The summed E-state index contributed by atoms with van der Waals surface area (Å²) >= 11 is 1.32. The highest BCUT2D eigenvalue weighted by Gasteiger charge is 2.21. The zero-order valence-corrected chi connectivity index (χ0v) is 16.0. The molecule has 138 valence electrons. The molecule has 0 atom stereocenters. The van der Waals surface area contributed by atoms with Crippen LogP contribution in [0.2, 0.25) is 0 Å². The van der Waals surface area contributed by atoms with E-state index in [1.807, 2.05) is 36.7 Å². The molecule has 26 heavy (non-hydrogen) atoms. The van der Waals surface area contributed by atoms with E-state index in [0.717, 1.165) is 35.8 Å². The molecule has 0 spiro atoms. The van der Waals surface area contributed by atoms with Crippen LogP contribution >= 0.6 is 11.8 Å². The van der Waals surface area contributed by atoms with Crippen LogP contribution < -0.4 is 5.32 Å². The van der Waals surface area contributed by atoms with E-state index in [4.69, 9.17) is 0 Å². The molecule has 1 fully saturated rings. The Morgan fingerprint density at radius 1 is 1.27 bits per heavy atom. The fraction of sp³-hybridized carbons (Fsp3) is 0.421. The summed E-state index contributed by atoms with van der Waals surface area (Å²) in [5.41, 5.74) is 4.26. The van der Waals surface area contributed by atoms with Gasteiger partial charge in [0, 0.05) is 43.1 Å². The Balaban J connectivity index is 1.54. The van der Waals surface area contributed by atoms with Gasteiger partial charge in [0.2, 0.25) is 5.91 Å². The van der Waals surface area contributed by atoms with Crippen molar-refractivity contribution in [2.45, 2.75) is 33.4 Å². The maximum atomic E-state index is 12.1. The molecule has 2 aromatic rings. The monoisotopic (exact) mass is 372 g/mol. The van der Waals surface area contributed by atoms with Crippen molar-refractivity contribution in [2.75, 3.05) is 18.8 Å². The van der Waals surface area contributed by atoms with Crippen molar-refractivity contribution in [1.29, 1.82) is 0 Å². The van der Waals surface area contributed by atoms with Crippen LogP contribution in [0.3, 0.4) is 0 Å². The van der Waals surface area contributed by atoms with Gasteiger partial charge in [-0.15, -0.1) is 0 Å². The van der Waals surface area contributed by atoms with E-state index in [9.17, 15) is 9.59 Å². The predicted octanol–water partition coefficient (Wildman–Crippen LogP) is 2.72. The van der Waals surface area contributed by atoms with Crippen LogP contribution in [0.4, 0.5) is 4.79 Å². The molecule has 2 amide bonds. The quantitative estimate of drug-likeness (QED) is 0.811. The lowest BCUT2D eigenvalue weighted by atomic mass is 10.2. The SMILES string of the molecule is Cc1nn(Cc2ccccc2)c(C)c1CNC(=O)CCN1CCSC1=O. The van der Waals surface area contributed by atoms with Gasteiger partial charge >= 0.3 is 0 Å². The smallest absolute Gasteiger partial charge is 0.281 e. The van der Waals surface area contributed by atoms with Crippen LogP contribution in [0.15, 0.2) is 30.3 Å². The summed E-state index contributed by atoms with van der Waals surface area (Å²) in [6.07, 6.45) is 0.336. The van der Waals surface area contributed by atoms with E-state index in [-0.39, 0.29) is 11.1 Å². The van der Waals surface area contributed by atoms with Gasteiger partial charge in [-0.3, -0.25) is 14.3 Å². The van der Waals surface area contributed by atoms with E-state index < -0.39 is 0 Å². The largest absolute Gasteiger partial charge is 0.352 e. The van der Waals surface area contributed by atoms with Crippen LogP contribution in [0.5, 0.6) is 0 Å². The van der Waals surface area contributed by atoms with E-state index >= 15 is 0 Å². The maximum Gasteiger partial charge on any atom is 0.281 e. The van der Waals surface area contributed by atoms with Crippen LogP contribution in [0.1, 0.15) is 28.9 Å². The summed E-state index contributed by atoms with van der Waals surface area (Å²) in [6, 6.07) is 10.2. The van der Waals surface area contributed by atoms with Crippen molar-refractivity contribution in [3.63, 3.8) is 0 Å². The van der Waals surface area contributed by atoms with Crippen molar-refractivity contribution in [3.8, 4) is 0 Å². The van der Waals surface area contributed by atoms with Gasteiger partial charge in [0.15, 0.2) is 0 Å². The second-order valence-corrected chi connectivity index (χ2v) is 7.47. The topological polar surface area (TPSA) is 67.2 Å². The number of thioether (sulfide) groups is 1. The average molecular weight is 372 g/mol. The molecule has 0 aliphatic carbocycles. The Kier molecular flexibility index (Phi) is 5.98. The predicted molar refractivity (Wildman–Crippen MR) is 103 cm³/mol. The number of hydrogen-bond acceptors (Lipinski definition) is 4. The van der Waals surface area contributed by atoms with Gasteiger partial charge in [-0.2, -0.15) is 5.10 Å².